The third-order valence-corrected chi connectivity index (χ3v) is 5.00. The van der Waals surface area contributed by atoms with E-state index in [-0.39, 0.29) is 0 Å². The fraction of sp³-hybridized carbons (Fsp3) is 0.667. The Labute approximate surface area is 124 Å². The maximum absolute atomic E-state index is 3.58. The summed E-state index contributed by atoms with van der Waals surface area (Å²) in [5.41, 5.74) is 3.06. The molecule has 112 valence electrons. The lowest BCUT2D eigenvalue weighted by molar-refractivity contribution is 0.118. The molecule has 20 heavy (non-hydrogen) atoms. The molecule has 0 amide bonds. The normalized spacial score (nSPS) is 25.4. The highest BCUT2D eigenvalue weighted by molar-refractivity contribution is 5.46. The topological polar surface area (TPSA) is 15.3 Å². The van der Waals surface area contributed by atoms with Gasteiger partial charge in [-0.3, -0.25) is 0 Å². The Morgan fingerprint density at radius 1 is 1.25 bits per heavy atom. The smallest absolute Gasteiger partial charge is 0.0363 e. The zero-order valence-corrected chi connectivity index (χ0v) is 13.7. The van der Waals surface area contributed by atoms with E-state index in [0.29, 0.717) is 11.5 Å². The van der Waals surface area contributed by atoms with E-state index in [4.69, 9.17) is 0 Å². The molecule has 2 atom stereocenters. The molecule has 0 aromatic heterocycles. The molecule has 0 radical (unpaired) electrons. The van der Waals surface area contributed by atoms with Crippen molar-refractivity contribution in [1.82, 2.24) is 5.32 Å². The van der Waals surface area contributed by atoms with E-state index in [0.717, 1.165) is 12.5 Å². The standard InChI is InChI=1S/C18H30N2/c1-14-8-10-16(11-9-14)20(5)13-15-7-6-12-18(2,3)17(15)19-4/h8-11,15,17,19H,6-7,12-13H2,1-5H3. The number of hydrogen-bond acceptors (Lipinski definition) is 2. The molecule has 1 aliphatic rings. The molecule has 1 aliphatic carbocycles. The van der Waals surface area contributed by atoms with Crippen LogP contribution in [-0.4, -0.2) is 26.7 Å². The van der Waals surface area contributed by atoms with Gasteiger partial charge < -0.3 is 10.2 Å². The molecule has 1 saturated carbocycles. The van der Waals surface area contributed by atoms with Gasteiger partial charge in [-0.05, 0) is 50.3 Å². The quantitative estimate of drug-likeness (QED) is 0.897. The lowest BCUT2D eigenvalue weighted by Gasteiger charge is -2.45. The molecular weight excluding hydrogens is 244 g/mol. The second kappa shape index (κ2) is 6.17. The van der Waals surface area contributed by atoms with Crippen LogP contribution in [-0.2, 0) is 0 Å². The number of nitrogens with one attached hydrogen (secondary N) is 1. The van der Waals surface area contributed by atoms with Gasteiger partial charge >= 0.3 is 0 Å². The van der Waals surface area contributed by atoms with Crippen molar-refractivity contribution in [3.63, 3.8) is 0 Å². The highest BCUT2D eigenvalue weighted by Crippen LogP contribution is 2.39. The molecule has 2 unspecified atom stereocenters. The van der Waals surface area contributed by atoms with Crippen molar-refractivity contribution in [2.45, 2.75) is 46.1 Å². The molecule has 2 nitrogen and oxygen atoms in total. The molecule has 1 N–H and O–H groups in total. The van der Waals surface area contributed by atoms with Crippen LogP contribution < -0.4 is 10.2 Å². The number of hydrogen-bond donors (Lipinski definition) is 1. The molecule has 0 heterocycles. The van der Waals surface area contributed by atoms with Crippen LogP contribution >= 0.6 is 0 Å². The van der Waals surface area contributed by atoms with Crippen molar-refractivity contribution in [2.75, 3.05) is 25.5 Å². The zero-order chi connectivity index (χ0) is 14.8. The summed E-state index contributed by atoms with van der Waals surface area (Å²) in [6, 6.07) is 9.48. The minimum absolute atomic E-state index is 0.409. The average molecular weight is 274 g/mol. The van der Waals surface area contributed by atoms with Gasteiger partial charge in [0, 0.05) is 25.3 Å². The van der Waals surface area contributed by atoms with Crippen molar-refractivity contribution in [3.05, 3.63) is 29.8 Å². The predicted octanol–water partition coefficient (Wildman–Crippen LogP) is 3.85. The van der Waals surface area contributed by atoms with Crippen LogP contribution in [0.15, 0.2) is 24.3 Å². The summed E-state index contributed by atoms with van der Waals surface area (Å²) in [7, 11) is 4.34. The summed E-state index contributed by atoms with van der Waals surface area (Å²) in [5.74, 6) is 0.732. The molecule has 2 rings (SSSR count). The third-order valence-electron chi connectivity index (χ3n) is 5.00. The highest BCUT2D eigenvalue weighted by atomic mass is 15.1. The van der Waals surface area contributed by atoms with E-state index in [2.05, 4.69) is 69.3 Å². The first-order chi connectivity index (χ1) is 9.44. The van der Waals surface area contributed by atoms with E-state index in [1.807, 2.05) is 0 Å². The summed E-state index contributed by atoms with van der Waals surface area (Å²) in [5, 5.41) is 3.58. The summed E-state index contributed by atoms with van der Waals surface area (Å²) >= 11 is 0. The van der Waals surface area contributed by atoms with Gasteiger partial charge in [0.15, 0.2) is 0 Å². The number of rotatable bonds is 4. The Balaban J connectivity index is 2.06. The van der Waals surface area contributed by atoms with Gasteiger partial charge in [0.25, 0.3) is 0 Å². The summed E-state index contributed by atoms with van der Waals surface area (Å²) in [6.45, 7) is 8.10. The fourth-order valence-corrected chi connectivity index (χ4v) is 3.86. The van der Waals surface area contributed by atoms with E-state index >= 15 is 0 Å². The van der Waals surface area contributed by atoms with Crippen molar-refractivity contribution in [2.24, 2.45) is 11.3 Å². The minimum atomic E-state index is 0.409. The van der Waals surface area contributed by atoms with E-state index in [9.17, 15) is 0 Å². The lowest BCUT2D eigenvalue weighted by atomic mass is 9.68. The van der Waals surface area contributed by atoms with Crippen molar-refractivity contribution in [1.29, 1.82) is 0 Å². The average Bonchev–Trinajstić information content (AvgIpc) is 2.38. The largest absolute Gasteiger partial charge is 0.374 e. The monoisotopic (exact) mass is 274 g/mol. The van der Waals surface area contributed by atoms with Gasteiger partial charge in [-0.15, -0.1) is 0 Å². The Hall–Kier alpha value is -1.02. The first-order valence-corrected chi connectivity index (χ1v) is 7.89. The van der Waals surface area contributed by atoms with Crippen molar-refractivity contribution < 1.29 is 0 Å². The molecule has 1 aromatic rings. The molecule has 1 fully saturated rings. The second-order valence-electron chi connectivity index (χ2n) is 7.12. The van der Waals surface area contributed by atoms with Gasteiger partial charge in [0.2, 0.25) is 0 Å². The molecule has 0 saturated heterocycles. The van der Waals surface area contributed by atoms with Gasteiger partial charge in [-0.2, -0.15) is 0 Å². The first-order valence-electron chi connectivity index (χ1n) is 7.89. The lowest BCUT2D eigenvalue weighted by Crippen LogP contribution is -2.51. The number of aryl methyl sites for hydroxylation is 1. The zero-order valence-electron chi connectivity index (χ0n) is 13.7. The second-order valence-corrected chi connectivity index (χ2v) is 7.12. The Morgan fingerprint density at radius 3 is 2.50 bits per heavy atom. The molecule has 0 aliphatic heterocycles. The Morgan fingerprint density at radius 2 is 1.90 bits per heavy atom. The number of benzene rings is 1. The number of nitrogens with zero attached hydrogens (tertiary/aromatic N) is 1. The first kappa shape index (κ1) is 15.4. The van der Waals surface area contributed by atoms with Crippen LogP contribution in [0, 0.1) is 18.3 Å². The minimum Gasteiger partial charge on any atom is -0.374 e. The number of anilines is 1. The molecular formula is C18H30N2. The maximum Gasteiger partial charge on any atom is 0.0363 e. The highest BCUT2D eigenvalue weighted by Gasteiger charge is 2.38. The fourth-order valence-electron chi connectivity index (χ4n) is 3.86. The Kier molecular flexibility index (Phi) is 4.74. The van der Waals surface area contributed by atoms with Crippen molar-refractivity contribution in [3.8, 4) is 0 Å². The van der Waals surface area contributed by atoms with E-state index < -0.39 is 0 Å². The van der Waals surface area contributed by atoms with E-state index in [1.165, 1.54) is 30.5 Å². The summed E-state index contributed by atoms with van der Waals surface area (Å²) in [4.78, 5) is 2.41. The van der Waals surface area contributed by atoms with Crippen LogP contribution in [0.5, 0.6) is 0 Å². The van der Waals surface area contributed by atoms with Gasteiger partial charge in [-0.25, -0.2) is 0 Å². The SMILES string of the molecule is CNC1C(CN(C)c2ccc(C)cc2)CCCC1(C)C. The Bertz CT molecular complexity index is 422. The molecule has 2 heteroatoms. The maximum atomic E-state index is 3.58. The van der Waals surface area contributed by atoms with Crippen molar-refractivity contribution >= 4 is 5.69 Å². The predicted molar refractivity (Wildman–Crippen MR) is 88.4 cm³/mol. The van der Waals surface area contributed by atoms with Crippen LogP contribution in [0.1, 0.15) is 38.7 Å². The van der Waals surface area contributed by atoms with Crippen LogP contribution in [0.2, 0.25) is 0 Å². The van der Waals surface area contributed by atoms with Gasteiger partial charge in [0.05, 0.1) is 0 Å². The third kappa shape index (κ3) is 3.35. The van der Waals surface area contributed by atoms with Crippen LogP contribution in [0.4, 0.5) is 5.69 Å². The van der Waals surface area contributed by atoms with Crippen LogP contribution in [0.25, 0.3) is 0 Å². The summed E-state index contributed by atoms with van der Waals surface area (Å²) < 4.78 is 0. The van der Waals surface area contributed by atoms with Crippen LogP contribution in [0.3, 0.4) is 0 Å². The molecule has 1 aromatic carbocycles. The molecule has 0 bridgehead atoms. The van der Waals surface area contributed by atoms with E-state index in [1.54, 1.807) is 0 Å². The summed E-state index contributed by atoms with van der Waals surface area (Å²) in [6.07, 6.45) is 4.03. The molecule has 0 spiro atoms. The van der Waals surface area contributed by atoms with Gasteiger partial charge in [0.1, 0.15) is 0 Å². The van der Waals surface area contributed by atoms with Gasteiger partial charge in [-0.1, -0.05) is 38.0 Å².